The molecule has 20 heavy (non-hydrogen) atoms. The van der Waals surface area contributed by atoms with E-state index in [4.69, 9.17) is 5.11 Å². The van der Waals surface area contributed by atoms with E-state index in [1.807, 2.05) is 19.1 Å². The smallest absolute Gasteiger partial charge is 0.309 e. The molecular formula is C15H17N3O2. The van der Waals surface area contributed by atoms with Crippen LogP contribution in [0.1, 0.15) is 35.4 Å². The third kappa shape index (κ3) is 2.19. The highest BCUT2D eigenvalue weighted by atomic mass is 16.4. The number of aliphatic carboxylic acids is 1. The molecule has 0 saturated heterocycles. The van der Waals surface area contributed by atoms with Crippen molar-refractivity contribution in [1.82, 2.24) is 15.0 Å². The lowest BCUT2D eigenvalue weighted by Gasteiger charge is -2.19. The van der Waals surface area contributed by atoms with Crippen LogP contribution in [0.4, 0.5) is 0 Å². The lowest BCUT2D eigenvalue weighted by Crippen LogP contribution is -2.10. The molecule has 1 N–H and O–H groups in total. The summed E-state index contributed by atoms with van der Waals surface area (Å²) in [6, 6.07) is 6.25. The fourth-order valence-corrected chi connectivity index (χ4v) is 2.86. The van der Waals surface area contributed by atoms with Gasteiger partial charge in [0.15, 0.2) is 0 Å². The van der Waals surface area contributed by atoms with Crippen molar-refractivity contribution in [1.29, 1.82) is 0 Å². The molecule has 1 heterocycles. The van der Waals surface area contributed by atoms with Crippen LogP contribution in [0.15, 0.2) is 18.2 Å². The van der Waals surface area contributed by atoms with E-state index < -0.39 is 5.97 Å². The van der Waals surface area contributed by atoms with E-state index in [1.54, 1.807) is 4.68 Å². The van der Waals surface area contributed by atoms with Gasteiger partial charge in [0, 0.05) is 0 Å². The van der Waals surface area contributed by atoms with Crippen molar-refractivity contribution < 1.29 is 9.90 Å². The number of fused-ring (bicyclic) bond motifs is 1. The summed E-state index contributed by atoms with van der Waals surface area (Å²) in [7, 11) is 0. The second-order valence-corrected chi connectivity index (χ2v) is 5.23. The van der Waals surface area contributed by atoms with Crippen LogP contribution >= 0.6 is 0 Å². The summed E-state index contributed by atoms with van der Waals surface area (Å²) < 4.78 is 1.78. The number of hydrogen-bond acceptors (Lipinski definition) is 3. The van der Waals surface area contributed by atoms with Gasteiger partial charge in [-0.3, -0.25) is 4.79 Å². The van der Waals surface area contributed by atoms with Gasteiger partial charge < -0.3 is 5.11 Å². The highest BCUT2D eigenvalue weighted by molar-refractivity contribution is 5.69. The Morgan fingerprint density at radius 2 is 2.15 bits per heavy atom. The molecule has 1 aromatic heterocycles. The van der Waals surface area contributed by atoms with Crippen molar-refractivity contribution in [3.8, 4) is 5.69 Å². The highest BCUT2D eigenvalue weighted by Gasteiger charge is 2.18. The standard InChI is InChI=1S/C15H17N3O2/c1-10-13(9-15(19)20)16-17-18(10)14-8-4-6-11-5-2-3-7-12(11)14/h4,6,8H,2-3,5,7,9H2,1H3,(H,19,20). The number of rotatable bonds is 3. The SMILES string of the molecule is Cc1c(CC(=O)O)nnn1-c1cccc2c1CCCC2. The lowest BCUT2D eigenvalue weighted by molar-refractivity contribution is -0.136. The van der Waals surface area contributed by atoms with Crippen LogP contribution in [0, 0.1) is 6.92 Å². The molecule has 0 aliphatic heterocycles. The molecule has 1 aliphatic carbocycles. The first kappa shape index (κ1) is 12.8. The van der Waals surface area contributed by atoms with Crippen LogP contribution in [0.25, 0.3) is 5.69 Å². The third-order valence-corrected chi connectivity index (χ3v) is 3.91. The Bertz CT molecular complexity index is 661. The molecule has 2 aromatic rings. The van der Waals surface area contributed by atoms with Gasteiger partial charge in [-0.2, -0.15) is 0 Å². The molecule has 0 unspecified atom stereocenters. The van der Waals surface area contributed by atoms with Crippen LogP contribution < -0.4 is 0 Å². The Labute approximate surface area is 117 Å². The second kappa shape index (κ2) is 5.07. The first-order valence-corrected chi connectivity index (χ1v) is 6.91. The van der Waals surface area contributed by atoms with Gasteiger partial charge in [0.25, 0.3) is 0 Å². The molecule has 0 saturated carbocycles. The number of benzene rings is 1. The maximum Gasteiger partial charge on any atom is 0.309 e. The average Bonchev–Trinajstić information content (AvgIpc) is 2.79. The minimum Gasteiger partial charge on any atom is -0.481 e. The van der Waals surface area contributed by atoms with Crippen molar-refractivity contribution in [2.24, 2.45) is 0 Å². The predicted octanol–water partition coefficient (Wildman–Crippen LogP) is 2.08. The number of hydrogen-bond donors (Lipinski definition) is 1. The summed E-state index contributed by atoms with van der Waals surface area (Å²) in [5.74, 6) is -0.879. The topological polar surface area (TPSA) is 68.0 Å². The largest absolute Gasteiger partial charge is 0.481 e. The van der Waals surface area contributed by atoms with Gasteiger partial charge in [0.05, 0.1) is 23.5 Å². The van der Waals surface area contributed by atoms with Crippen molar-refractivity contribution in [3.63, 3.8) is 0 Å². The molecule has 5 nitrogen and oxygen atoms in total. The summed E-state index contributed by atoms with van der Waals surface area (Å²) in [5, 5.41) is 17.0. The summed E-state index contributed by atoms with van der Waals surface area (Å²) in [6.07, 6.45) is 4.51. The zero-order valence-electron chi connectivity index (χ0n) is 11.5. The maximum absolute atomic E-state index is 10.8. The first-order chi connectivity index (χ1) is 9.66. The van der Waals surface area contributed by atoms with Crippen LogP contribution in [0.3, 0.4) is 0 Å². The van der Waals surface area contributed by atoms with Gasteiger partial charge in [0.1, 0.15) is 0 Å². The van der Waals surface area contributed by atoms with Crippen LogP contribution in [-0.2, 0) is 24.1 Å². The Kier molecular flexibility index (Phi) is 3.26. The maximum atomic E-state index is 10.8. The second-order valence-electron chi connectivity index (χ2n) is 5.23. The summed E-state index contributed by atoms with van der Waals surface area (Å²) >= 11 is 0. The molecule has 3 rings (SSSR count). The molecule has 104 valence electrons. The van der Waals surface area contributed by atoms with Crippen molar-refractivity contribution in [3.05, 3.63) is 40.7 Å². The quantitative estimate of drug-likeness (QED) is 0.928. The molecule has 0 spiro atoms. The number of carbonyl (C=O) groups is 1. The van der Waals surface area contributed by atoms with Crippen molar-refractivity contribution in [2.45, 2.75) is 39.0 Å². The van der Waals surface area contributed by atoms with E-state index in [0.29, 0.717) is 5.69 Å². The van der Waals surface area contributed by atoms with Crippen molar-refractivity contribution in [2.75, 3.05) is 0 Å². The summed E-state index contributed by atoms with van der Waals surface area (Å²) in [5.41, 5.74) is 5.10. The molecule has 0 amide bonds. The number of aryl methyl sites for hydroxylation is 1. The lowest BCUT2D eigenvalue weighted by atomic mass is 9.90. The Balaban J connectivity index is 2.06. The molecular weight excluding hydrogens is 254 g/mol. The van der Waals surface area contributed by atoms with E-state index in [1.165, 1.54) is 24.0 Å². The van der Waals surface area contributed by atoms with E-state index in [9.17, 15) is 4.79 Å². The fourth-order valence-electron chi connectivity index (χ4n) is 2.86. The minimum atomic E-state index is -0.879. The van der Waals surface area contributed by atoms with Gasteiger partial charge in [-0.15, -0.1) is 5.10 Å². The number of carboxylic acid groups (broad SMARTS) is 1. The van der Waals surface area contributed by atoms with Crippen LogP contribution in [-0.4, -0.2) is 26.1 Å². The van der Waals surface area contributed by atoms with Crippen LogP contribution in [0.2, 0.25) is 0 Å². The highest BCUT2D eigenvalue weighted by Crippen LogP contribution is 2.27. The monoisotopic (exact) mass is 271 g/mol. The van der Waals surface area contributed by atoms with Gasteiger partial charge in [-0.05, 0) is 49.8 Å². The molecule has 0 fully saturated rings. The van der Waals surface area contributed by atoms with Gasteiger partial charge in [-0.25, -0.2) is 4.68 Å². The number of aromatic nitrogens is 3. The Morgan fingerprint density at radius 3 is 2.95 bits per heavy atom. The molecule has 5 heteroatoms. The van der Waals surface area contributed by atoms with E-state index in [2.05, 4.69) is 16.4 Å². The molecule has 0 atom stereocenters. The first-order valence-electron chi connectivity index (χ1n) is 6.91. The molecule has 0 radical (unpaired) electrons. The number of carboxylic acids is 1. The normalized spacial score (nSPS) is 14.1. The average molecular weight is 271 g/mol. The van der Waals surface area contributed by atoms with E-state index >= 15 is 0 Å². The Morgan fingerprint density at radius 1 is 1.35 bits per heavy atom. The zero-order chi connectivity index (χ0) is 14.1. The predicted molar refractivity (Wildman–Crippen MR) is 74.1 cm³/mol. The fraction of sp³-hybridized carbons (Fsp3) is 0.400. The Hall–Kier alpha value is -2.17. The summed E-state index contributed by atoms with van der Waals surface area (Å²) in [6.45, 7) is 1.88. The van der Waals surface area contributed by atoms with E-state index in [0.717, 1.165) is 24.2 Å². The van der Waals surface area contributed by atoms with Crippen molar-refractivity contribution >= 4 is 5.97 Å². The molecule has 0 bridgehead atoms. The summed E-state index contributed by atoms with van der Waals surface area (Å²) in [4.78, 5) is 10.8. The van der Waals surface area contributed by atoms with Crippen LogP contribution in [0.5, 0.6) is 0 Å². The molecule has 1 aromatic carbocycles. The van der Waals surface area contributed by atoms with E-state index in [-0.39, 0.29) is 6.42 Å². The number of nitrogens with zero attached hydrogens (tertiary/aromatic N) is 3. The van der Waals surface area contributed by atoms with Gasteiger partial charge in [0.2, 0.25) is 0 Å². The molecule has 1 aliphatic rings. The van der Waals surface area contributed by atoms with Gasteiger partial charge in [-0.1, -0.05) is 17.3 Å². The third-order valence-electron chi connectivity index (χ3n) is 3.91. The minimum absolute atomic E-state index is 0.0825. The van der Waals surface area contributed by atoms with Gasteiger partial charge >= 0.3 is 5.97 Å². The zero-order valence-corrected chi connectivity index (χ0v) is 11.5.